The highest BCUT2D eigenvalue weighted by molar-refractivity contribution is 7.00. The van der Waals surface area contributed by atoms with Gasteiger partial charge in [0.1, 0.15) is 0 Å². The van der Waals surface area contributed by atoms with E-state index in [1.54, 1.807) is 0 Å². The van der Waals surface area contributed by atoms with Gasteiger partial charge in [0.05, 0.1) is 6.07 Å². The van der Waals surface area contributed by atoms with Crippen LogP contribution in [0, 0.1) is 17.2 Å². The number of nitrogens with zero attached hydrogens (tertiary/aromatic N) is 1. The summed E-state index contributed by atoms with van der Waals surface area (Å²) in [5.74, 6) is 0.0601. The number of rotatable bonds is 12. The fourth-order valence-electron chi connectivity index (χ4n) is 6.52. The van der Waals surface area contributed by atoms with Gasteiger partial charge in [-0.25, -0.2) is 0 Å². The molecule has 0 aromatic heterocycles. The van der Waals surface area contributed by atoms with Crippen LogP contribution < -0.4 is 20.7 Å². The van der Waals surface area contributed by atoms with E-state index in [-0.39, 0.29) is 16.0 Å². The van der Waals surface area contributed by atoms with Gasteiger partial charge in [0.2, 0.25) is 0 Å². The Kier molecular flexibility index (Phi) is 10.6. The van der Waals surface area contributed by atoms with Gasteiger partial charge >= 0.3 is 0 Å². The zero-order chi connectivity index (χ0) is 31.0. The number of hydrogen-bond acceptors (Lipinski definition) is 3. The average molecular weight is 606 g/mol. The van der Waals surface area contributed by atoms with Crippen LogP contribution in [0.2, 0.25) is 10.1 Å². The maximum atomic E-state index is 9.88. The van der Waals surface area contributed by atoms with Gasteiger partial charge in [-0.15, -0.1) is 0 Å². The van der Waals surface area contributed by atoms with Crippen LogP contribution in [0.3, 0.4) is 0 Å². The molecule has 0 aliphatic rings. The molecule has 4 aromatic rings. The maximum absolute atomic E-state index is 9.88. The van der Waals surface area contributed by atoms with Gasteiger partial charge in [-0.05, 0) is 43.2 Å². The van der Waals surface area contributed by atoms with Crippen molar-refractivity contribution >= 4 is 37.4 Å². The van der Waals surface area contributed by atoms with Crippen LogP contribution in [-0.4, -0.2) is 29.8 Å². The lowest BCUT2D eigenvalue weighted by Crippen LogP contribution is -2.67. The molecule has 0 aliphatic heterocycles. The molecule has 0 N–H and O–H groups in total. The molecular formula is C38H47NO2Si2. The molecular weight excluding hydrogens is 559 g/mol. The molecule has 0 spiro atoms. The van der Waals surface area contributed by atoms with Crippen molar-refractivity contribution in [2.75, 3.05) is 13.2 Å². The minimum absolute atomic E-state index is 0.0601. The standard InChI is InChI=1S/C38H47NO2Si2/c1-37(2,3)42(33-19-11-7-12-20-33,34-21-13-8-14-22-34)40-30-28-32(27-29-39)31-41-43(38(4,5)6,35-23-15-9-16-24-35)36-25-17-10-18-26-36/h7-26,32H,27-28,30-31H2,1-6H3/t32-/m1/s1. The summed E-state index contributed by atoms with van der Waals surface area (Å²) in [6.07, 6.45) is 1.19. The van der Waals surface area contributed by atoms with Crippen LogP contribution in [0.25, 0.3) is 0 Å². The number of hydrogen-bond donors (Lipinski definition) is 0. The summed E-state index contributed by atoms with van der Waals surface area (Å²) in [4.78, 5) is 0. The van der Waals surface area contributed by atoms with Crippen molar-refractivity contribution in [3.8, 4) is 6.07 Å². The predicted octanol–water partition coefficient (Wildman–Crippen LogP) is 7.06. The summed E-state index contributed by atoms with van der Waals surface area (Å²) in [7, 11) is -5.34. The molecule has 0 saturated heterocycles. The van der Waals surface area contributed by atoms with Crippen molar-refractivity contribution in [1.82, 2.24) is 0 Å². The summed E-state index contributed by atoms with van der Waals surface area (Å²) in [5.41, 5.74) is 0. The Bertz CT molecular complexity index is 1360. The molecule has 0 bridgehead atoms. The van der Waals surface area contributed by atoms with Crippen LogP contribution >= 0.6 is 0 Å². The maximum Gasteiger partial charge on any atom is 0.261 e. The Labute approximate surface area is 261 Å². The Hall–Kier alpha value is -3.28. The zero-order valence-electron chi connectivity index (χ0n) is 26.7. The van der Waals surface area contributed by atoms with E-state index in [1.807, 2.05) is 0 Å². The average Bonchev–Trinajstić information content (AvgIpc) is 3.00. The molecule has 0 unspecified atom stereocenters. The van der Waals surface area contributed by atoms with Crippen molar-refractivity contribution in [3.63, 3.8) is 0 Å². The summed E-state index contributed by atoms with van der Waals surface area (Å²) in [5, 5.41) is 14.7. The molecule has 43 heavy (non-hydrogen) atoms. The highest BCUT2D eigenvalue weighted by Gasteiger charge is 2.51. The van der Waals surface area contributed by atoms with Crippen molar-refractivity contribution in [2.45, 2.75) is 64.5 Å². The Morgan fingerprint density at radius 3 is 1.19 bits per heavy atom. The molecule has 0 heterocycles. The van der Waals surface area contributed by atoms with E-state index < -0.39 is 16.6 Å². The predicted molar refractivity (Wildman–Crippen MR) is 185 cm³/mol. The Morgan fingerprint density at radius 2 is 0.884 bits per heavy atom. The first-order chi connectivity index (χ1) is 20.6. The van der Waals surface area contributed by atoms with Crippen molar-refractivity contribution in [3.05, 3.63) is 121 Å². The number of nitriles is 1. The second-order valence-corrected chi connectivity index (χ2v) is 22.1. The minimum atomic E-state index is -2.69. The Morgan fingerprint density at radius 1 is 0.558 bits per heavy atom. The third kappa shape index (κ3) is 6.94. The molecule has 0 saturated carbocycles. The minimum Gasteiger partial charge on any atom is -0.407 e. The van der Waals surface area contributed by atoms with E-state index in [0.29, 0.717) is 19.6 Å². The summed E-state index contributed by atoms with van der Waals surface area (Å²) in [6, 6.07) is 45.4. The highest BCUT2D eigenvalue weighted by atomic mass is 28.4. The molecule has 224 valence electrons. The van der Waals surface area contributed by atoms with Crippen LogP contribution in [0.4, 0.5) is 0 Å². The zero-order valence-corrected chi connectivity index (χ0v) is 28.7. The molecule has 3 nitrogen and oxygen atoms in total. The summed E-state index contributed by atoms with van der Waals surface area (Å²) < 4.78 is 14.4. The summed E-state index contributed by atoms with van der Waals surface area (Å²) in [6.45, 7) is 14.9. The summed E-state index contributed by atoms with van der Waals surface area (Å²) >= 11 is 0. The second kappa shape index (κ2) is 14.0. The third-order valence-corrected chi connectivity index (χ3v) is 18.6. The van der Waals surface area contributed by atoms with Gasteiger partial charge in [-0.1, -0.05) is 163 Å². The first kappa shape index (κ1) is 32.6. The SMILES string of the molecule is CC(C)(C)[Si](OCC[C@@H](CC#N)CO[Si](c1ccccc1)(c1ccccc1)C(C)(C)C)(c1ccccc1)c1ccccc1. The van der Waals surface area contributed by atoms with E-state index in [1.165, 1.54) is 20.7 Å². The molecule has 5 heteroatoms. The first-order valence-corrected chi connectivity index (χ1v) is 19.2. The molecule has 0 radical (unpaired) electrons. The highest BCUT2D eigenvalue weighted by Crippen LogP contribution is 2.38. The van der Waals surface area contributed by atoms with E-state index in [2.05, 4.69) is 169 Å². The van der Waals surface area contributed by atoms with E-state index in [0.717, 1.165) is 6.42 Å². The topological polar surface area (TPSA) is 42.2 Å². The largest absolute Gasteiger partial charge is 0.407 e. The lowest BCUT2D eigenvalue weighted by Gasteiger charge is -2.44. The quantitative estimate of drug-likeness (QED) is 0.162. The van der Waals surface area contributed by atoms with Gasteiger partial charge in [0.25, 0.3) is 16.6 Å². The van der Waals surface area contributed by atoms with Crippen LogP contribution in [0.1, 0.15) is 54.4 Å². The molecule has 1 atom stereocenters. The van der Waals surface area contributed by atoms with E-state index in [4.69, 9.17) is 8.85 Å². The van der Waals surface area contributed by atoms with Crippen molar-refractivity contribution < 1.29 is 8.85 Å². The lowest BCUT2D eigenvalue weighted by molar-refractivity contribution is 0.196. The van der Waals surface area contributed by atoms with Gasteiger partial charge in [0, 0.05) is 19.6 Å². The lowest BCUT2D eigenvalue weighted by atomic mass is 10.0. The third-order valence-electron chi connectivity index (χ3n) is 8.59. The van der Waals surface area contributed by atoms with Crippen LogP contribution in [-0.2, 0) is 8.85 Å². The normalized spacial score (nSPS) is 13.3. The van der Waals surface area contributed by atoms with Crippen LogP contribution in [0.5, 0.6) is 0 Å². The molecule has 0 fully saturated rings. The van der Waals surface area contributed by atoms with E-state index in [9.17, 15) is 5.26 Å². The monoisotopic (exact) mass is 605 g/mol. The first-order valence-electron chi connectivity index (χ1n) is 15.4. The van der Waals surface area contributed by atoms with Gasteiger partial charge in [0.15, 0.2) is 0 Å². The van der Waals surface area contributed by atoms with Gasteiger partial charge < -0.3 is 8.85 Å². The van der Waals surface area contributed by atoms with Gasteiger partial charge in [-0.2, -0.15) is 5.26 Å². The molecule has 0 aliphatic carbocycles. The van der Waals surface area contributed by atoms with E-state index >= 15 is 0 Å². The second-order valence-electron chi connectivity index (χ2n) is 13.5. The molecule has 0 amide bonds. The number of benzene rings is 4. The van der Waals surface area contributed by atoms with Crippen molar-refractivity contribution in [2.24, 2.45) is 5.92 Å². The molecule has 4 rings (SSSR count). The van der Waals surface area contributed by atoms with Crippen LogP contribution in [0.15, 0.2) is 121 Å². The fourth-order valence-corrected chi connectivity index (χ4v) is 15.7. The van der Waals surface area contributed by atoms with Crippen molar-refractivity contribution in [1.29, 1.82) is 5.26 Å². The Balaban J connectivity index is 1.64. The molecule has 4 aromatic carbocycles. The smallest absolute Gasteiger partial charge is 0.261 e. The fraction of sp³-hybridized carbons (Fsp3) is 0.342. The van der Waals surface area contributed by atoms with Gasteiger partial charge in [-0.3, -0.25) is 0 Å².